The highest BCUT2D eigenvalue weighted by molar-refractivity contribution is 5.94. The van der Waals surface area contributed by atoms with Crippen LogP contribution in [0.1, 0.15) is 11.5 Å². The summed E-state index contributed by atoms with van der Waals surface area (Å²) in [5, 5.41) is 5.22. The summed E-state index contributed by atoms with van der Waals surface area (Å²) in [7, 11) is 0. The van der Waals surface area contributed by atoms with E-state index in [-0.39, 0.29) is 30.7 Å². The number of nitrogens with one attached hydrogen (secondary N) is 2. The van der Waals surface area contributed by atoms with E-state index >= 15 is 0 Å². The number of nitrogens with zero attached hydrogens (tertiary/aromatic N) is 1. The van der Waals surface area contributed by atoms with E-state index in [0.29, 0.717) is 22.7 Å². The smallest absolute Gasteiger partial charge is 0.243 e. The Morgan fingerprint density at radius 1 is 1.07 bits per heavy atom. The lowest BCUT2D eigenvalue weighted by Crippen LogP contribution is -2.33. The summed E-state index contributed by atoms with van der Waals surface area (Å²) in [5.41, 5.74) is 1.59. The van der Waals surface area contributed by atoms with Gasteiger partial charge in [-0.05, 0) is 37.3 Å². The lowest BCUT2D eigenvalue weighted by atomic mass is 10.2. The number of anilines is 1. The molecular weight excluding hydrogens is 349 g/mol. The zero-order chi connectivity index (χ0) is 19.2. The molecule has 3 aromatic rings. The third kappa shape index (κ3) is 5.01. The second kappa shape index (κ2) is 8.27. The number of carbonyl (C=O) groups is 2. The Balaban J connectivity index is 1.56. The van der Waals surface area contributed by atoms with Gasteiger partial charge in [0.25, 0.3) is 0 Å². The van der Waals surface area contributed by atoms with Gasteiger partial charge in [0.2, 0.25) is 17.7 Å². The van der Waals surface area contributed by atoms with E-state index in [4.69, 9.17) is 4.42 Å². The van der Waals surface area contributed by atoms with Crippen LogP contribution < -0.4 is 10.6 Å². The molecule has 0 aliphatic rings. The molecule has 0 radical (unpaired) electrons. The summed E-state index contributed by atoms with van der Waals surface area (Å²) in [4.78, 5) is 28.2. The molecule has 7 heteroatoms. The molecule has 0 fully saturated rings. The minimum atomic E-state index is -0.396. The summed E-state index contributed by atoms with van der Waals surface area (Å²) in [6, 6.07) is 14.8. The van der Waals surface area contributed by atoms with Gasteiger partial charge in [-0.3, -0.25) is 9.59 Å². The van der Waals surface area contributed by atoms with Crippen LogP contribution in [0.25, 0.3) is 11.5 Å². The van der Waals surface area contributed by atoms with E-state index in [9.17, 15) is 14.0 Å². The van der Waals surface area contributed by atoms with Crippen molar-refractivity contribution in [3.05, 3.63) is 71.9 Å². The van der Waals surface area contributed by atoms with Crippen LogP contribution in [0.15, 0.2) is 59.0 Å². The Bertz CT molecular complexity index is 954. The zero-order valence-corrected chi connectivity index (χ0v) is 14.7. The van der Waals surface area contributed by atoms with Crippen molar-refractivity contribution >= 4 is 17.5 Å². The molecule has 27 heavy (non-hydrogen) atoms. The van der Waals surface area contributed by atoms with Crippen molar-refractivity contribution in [3.8, 4) is 11.5 Å². The number of para-hydroxylation sites is 1. The molecule has 0 saturated heterocycles. The SMILES string of the molecule is Cc1oc(-c2cccc(F)c2)nc1CC(=O)NCC(=O)Nc1ccccc1. The number of halogens is 1. The fourth-order valence-corrected chi connectivity index (χ4v) is 2.46. The number of amides is 2. The minimum absolute atomic E-state index is 0.0384. The number of hydrogen-bond donors (Lipinski definition) is 2. The normalized spacial score (nSPS) is 10.4. The molecule has 2 N–H and O–H groups in total. The molecule has 2 amide bonds. The third-order valence-electron chi connectivity index (χ3n) is 3.80. The minimum Gasteiger partial charge on any atom is -0.441 e. The van der Waals surface area contributed by atoms with Crippen LogP contribution >= 0.6 is 0 Å². The molecule has 0 atom stereocenters. The van der Waals surface area contributed by atoms with Gasteiger partial charge in [0.05, 0.1) is 18.7 Å². The number of hydrogen-bond acceptors (Lipinski definition) is 4. The summed E-state index contributed by atoms with van der Waals surface area (Å²) < 4.78 is 18.9. The number of rotatable bonds is 6. The average Bonchev–Trinajstić information content (AvgIpc) is 3.01. The van der Waals surface area contributed by atoms with Gasteiger partial charge >= 0.3 is 0 Å². The molecule has 0 unspecified atom stereocenters. The fourth-order valence-electron chi connectivity index (χ4n) is 2.46. The largest absolute Gasteiger partial charge is 0.441 e. The van der Waals surface area contributed by atoms with Crippen molar-refractivity contribution in [1.29, 1.82) is 0 Å². The monoisotopic (exact) mass is 367 g/mol. The Hall–Kier alpha value is -3.48. The lowest BCUT2D eigenvalue weighted by Gasteiger charge is -2.06. The number of aryl methyl sites for hydroxylation is 1. The molecular formula is C20H18FN3O3. The molecule has 0 aliphatic heterocycles. The van der Waals surface area contributed by atoms with Crippen LogP contribution in [0.5, 0.6) is 0 Å². The molecule has 2 aromatic carbocycles. The van der Waals surface area contributed by atoms with Crippen LogP contribution in [0, 0.1) is 12.7 Å². The van der Waals surface area contributed by atoms with E-state index in [2.05, 4.69) is 15.6 Å². The first-order valence-electron chi connectivity index (χ1n) is 8.35. The van der Waals surface area contributed by atoms with Gasteiger partial charge in [-0.15, -0.1) is 0 Å². The van der Waals surface area contributed by atoms with E-state index < -0.39 is 5.82 Å². The maximum absolute atomic E-state index is 13.3. The van der Waals surface area contributed by atoms with Crippen molar-refractivity contribution in [2.45, 2.75) is 13.3 Å². The van der Waals surface area contributed by atoms with Gasteiger partial charge in [-0.1, -0.05) is 24.3 Å². The molecule has 0 bridgehead atoms. The molecule has 0 aliphatic carbocycles. The predicted molar refractivity (Wildman–Crippen MR) is 98.4 cm³/mol. The van der Waals surface area contributed by atoms with E-state index in [1.807, 2.05) is 6.07 Å². The first-order chi connectivity index (χ1) is 13.0. The quantitative estimate of drug-likeness (QED) is 0.701. The third-order valence-corrected chi connectivity index (χ3v) is 3.80. The number of oxazole rings is 1. The Kier molecular flexibility index (Phi) is 5.61. The number of aromatic nitrogens is 1. The molecule has 3 rings (SSSR count). The van der Waals surface area contributed by atoms with Crippen molar-refractivity contribution in [2.75, 3.05) is 11.9 Å². The summed E-state index contributed by atoms with van der Waals surface area (Å²) in [6.07, 6.45) is -0.0384. The van der Waals surface area contributed by atoms with Crippen LogP contribution in [-0.4, -0.2) is 23.3 Å². The topological polar surface area (TPSA) is 84.2 Å². The van der Waals surface area contributed by atoms with E-state index in [1.54, 1.807) is 43.3 Å². The van der Waals surface area contributed by atoms with Crippen LogP contribution in [0.2, 0.25) is 0 Å². The van der Waals surface area contributed by atoms with Crippen molar-refractivity contribution in [1.82, 2.24) is 10.3 Å². The van der Waals surface area contributed by atoms with Gasteiger partial charge in [-0.25, -0.2) is 9.37 Å². The fraction of sp³-hybridized carbons (Fsp3) is 0.150. The lowest BCUT2D eigenvalue weighted by molar-refractivity contribution is -0.123. The van der Waals surface area contributed by atoms with Crippen LogP contribution in [0.3, 0.4) is 0 Å². The van der Waals surface area contributed by atoms with Gasteiger partial charge in [-0.2, -0.15) is 0 Å². The summed E-state index contributed by atoms with van der Waals surface area (Å²) in [6.45, 7) is 1.53. The predicted octanol–water partition coefficient (Wildman–Crippen LogP) is 3.09. The summed E-state index contributed by atoms with van der Waals surface area (Å²) in [5.74, 6) is -0.367. The standard InChI is InChI=1S/C20H18FN3O3/c1-13-17(24-20(27-13)14-6-5-7-15(21)10-14)11-18(25)22-12-19(26)23-16-8-3-2-4-9-16/h2-10H,11-12H2,1H3,(H,22,25)(H,23,26). The maximum atomic E-state index is 13.3. The molecule has 1 aromatic heterocycles. The number of benzene rings is 2. The first-order valence-corrected chi connectivity index (χ1v) is 8.35. The first kappa shape index (κ1) is 18.3. The molecule has 0 spiro atoms. The molecule has 6 nitrogen and oxygen atoms in total. The summed E-state index contributed by atoms with van der Waals surface area (Å²) >= 11 is 0. The Morgan fingerprint density at radius 2 is 1.85 bits per heavy atom. The highest BCUT2D eigenvalue weighted by Crippen LogP contribution is 2.22. The molecule has 0 saturated carbocycles. The second-order valence-corrected chi connectivity index (χ2v) is 5.90. The van der Waals surface area contributed by atoms with E-state index in [1.165, 1.54) is 12.1 Å². The van der Waals surface area contributed by atoms with Crippen LogP contribution in [0.4, 0.5) is 10.1 Å². The van der Waals surface area contributed by atoms with Gasteiger partial charge < -0.3 is 15.1 Å². The maximum Gasteiger partial charge on any atom is 0.243 e. The van der Waals surface area contributed by atoms with Crippen molar-refractivity contribution in [3.63, 3.8) is 0 Å². The second-order valence-electron chi connectivity index (χ2n) is 5.90. The highest BCUT2D eigenvalue weighted by atomic mass is 19.1. The van der Waals surface area contributed by atoms with Gasteiger partial charge in [0.15, 0.2) is 0 Å². The Labute approximate surface area is 155 Å². The Morgan fingerprint density at radius 3 is 2.59 bits per heavy atom. The number of carbonyl (C=O) groups excluding carboxylic acids is 2. The highest BCUT2D eigenvalue weighted by Gasteiger charge is 2.15. The van der Waals surface area contributed by atoms with Crippen LogP contribution in [-0.2, 0) is 16.0 Å². The molecule has 138 valence electrons. The van der Waals surface area contributed by atoms with Gasteiger partial charge in [0, 0.05) is 11.3 Å². The molecule has 1 heterocycles. The van der Waals surface area contributed by atoms with Gasteiger partial charge in [0.1, 0.15) is 11.6 Å². The van der Waals surface area contributed by atoms with Crippen molar-refractivity contribution < 1.29 is 18.4 Å². The van der Waals surface area contributed by atoms with Crippen molar-refractivity contribution in [2.24, 2.45) is 0 Å². The van der Waals surface area contributed by atoms with E-state index in [0.717, 1.165) is 0 Å². The zero-order valence-electron chi connectivity index (χ0n) is 14.7. The average molecular weight is 367 g/mol.